The van der Waals surface area contributed by atoms with Gasteiger partial charge in [0.05, 0.1) is 6.10 Å². The first kappa shape index (κ1) is 7.90. The van der Waals surface area contributed by atoms with Crippen molar-refractivity contribution in [3.8, 4) is 0 Å². The largest absolute Gasteiger partial charge is 0.391 e. The van der Waals surface area contributed by atoms with Gasteiger partial charge in [-0.2, -0.15) is 11.8 Å². The molecule has 64 valence electrons. The third kappa shape index (κ3) is 1.55. The van der Waals surface area contributed by atoms with Crippen LogP contribution in [-0.2, 0) is 0 Å². The maximum absolute atomic E-state index is 9.58. The van der Waals surface area contributed by atoms with Crippen molar-refractivity contribution in [1.82, 2.24) is 5.32 Å². The van der Waals surface area contributed by atoms with E-state index in [0.29, 0.717) is 12.0 Å². The Bertz CT molecular complexity index is 142. The molecule has 0 amide bonds. The van der Waals surface area contributed by atoms with Crippen LogP contribution in [0.3, 0.4) is 0 Å². The number of aliphatic hydroxyl groups is 1. The van der Waals surface area contributed by atoms with Crippen molar-refractivity contribution < 1.29 is 5.11 Å². The van der Waals surface area contributed by atoms with E-state index in [2.05, 4.69) is 5.32 Å². The Hall–Kier alpha value is 0.270. The van der Waals surface area contributed by atoms with Crippen molar-refractivity contribution in [1.29, 1.82) is 0 Å². The first-order chi connectivity index (χ1) is 5.38. The van der Waals surface area contributed by atoms with E-state index in [9.17, 15) is 5.11 Å². The third-order valence-electron chi connectivity index (χ3n) is 2.77. The highest BCUT2D eigenvalue weighted by Gasteiger charge is 2.34. The lowest BCUT2D eigenvalue weighted by atomic mass is 9.94. The summed E-state index contributed by atoms with van der Waals surface area (Å²) < 4.78 is 0. The molecule has 0 aromatic rings. The van der Waals surface area contributed by atoms with Crippen LogP contribution in [0.4, 0.5) is 0 Å². The van der Waals surface area contributed by atoms with Crippen LogP contribution in [-0.4, -0.2) is 35.3 Å². The number of thioether (sulfide) groups is 1. The molecular weight excluding hydrogens is 158 g/mol. The van der Waals surface area contributed by atoms with Gasteiger partial charge in [0.2, 0.25) is 0 Å². The summed E-state index contributed by atoms with van der Waals surface area (Å²) in [6.45, 7) is 0.819. The smallest absolute Gasteiger partial charge is 0.0707 e. The number of hydrogen-bond acceptors (Lipinski definition) is 3. The summed E-state index contributed by atoms with van der Waals surface area (Å²) in [5, 5.41) is 13.0. The summed E-state index contributed by atoms with van der Waals surface area (Å²) >= 11 is 2.02. The van der Waals surface area contributed by atoms with Crippen molar-refractivity contribution in [2.24, 2.45) is 5.92 Å². The molecule has 0 aromatic carbocycles. The fourth-order valence-electron chi connectivity index (χ4n) is 2.08. The van der Waals surface area contributed by atoms with Crippen molar-refractivity contribution in [3.05, 3.63) is 0 Å². The number of rotatable bonds is 0. The second-order valence-corrected chi connectivity index (χ2v) is 4.66. The Morgan fingerprint density at radius 3 is 3.00 bits per heavy atom. The van der Waals surface area contributed by atoms with Gasteiger partial charge in [-0.25, -0.2) is 0 Å². The van der Waals surface area contributed by atoms with E-state index in [0.717, 1.165) is 6.54 Å². The van der Waals surface area contributed by atoms with Gasteiger partial charge in [0.15, 0.2) is 0 Å². The van der Waals surface area contributed by atoms with E-state index in [4.69, 9.17) is 0 Å². The minimum atomic E-state index is -0.0706. The van der Waals surface area contributed by atoms with Crippen molar-refractivity contribution in [2.45, 2.75) is 25.0 Å². The second kappa shape index (κ2) is 3.33. The zero-order chi connectivity index (χ0) is 7.68. The third-order valence-corrected chi connectivity index (χ3v) is 3.82. The van der Waals surface area contributed by atoms with Crippen LogP contribution in [0.1, 0.15) is 12.8 Å². The molecule has 0 radical (unpaired) electrons. The normalized spacial score (nSPS) is 45.0. The molecule has 0 spiro atoms. The Labute approximate surface area is 71.7 Å². The average molecular weight is 173 g/mol. The Morgan fingerprint density at radius 1 is 1.27 bits per heavy atom. The molecule has 0 aliphatic carbocycles. The molecule has 2 fully saturated rings. The fraction of sp³-hybridized carbons (Fsp3) is 1.00. The summed E-state index contributed by atoms with van der Waals surface area (Å²) in [4.78, 5) is 0. The molecule has 0 aromatic heterocycles. The molecular formula is C8H15NOS. The van der Waals surface area contributed by atoms with Gasteiger partial charge in [-0.05, 0) is 24.3 Å². The van der Waals surface area contributed by atoms with E-state index in [-0.39, 0.29) is 6.10 Å². The standard InChI is InChI=1S/C8H15NOS/c10-8-5-9-7-2-4-11-3-1-6(7)8/h6-10H,1-5H2. The van der Waals surface area contributed by atoms with Gasteiger partial charge >= 0.3 is 0 Å². The molecule has 0 saturated carbocycles. The summed E-state index contributed by atoms with van der Waals surface area (Å²) in [6, 6.07) is 0.611. The quantitative estimate of drug-likeness (QED) is 0.558. The number of hydrogen-bond donors (Lipinski definition) is 2. The lowest BCUT2D eigenvalue weighted by Crippen LogP contribution is -2.27. The van der Waals surface area contributed by atoms with Crippen LogP contribution in [0.5, 0.6) is 0 Å². The number of fused-ring (bicyclic) bond motifs is 1. The molecule has 2 N–H and O–H groups in total. The predicted octanol–water partition coefficient (Wildman–Crippen LogP) is 0.462. The monoisotopic (exact) mass is 173 g/mol. The van der Waals surface area contributed by atoms with Crippen LogP contribution < -0.4 is 5.32 Å². The van der Waals surface area contributed by atoms with Crippen LogP contribution >= 0.6 is 11.8 Å². The maximum atomic E-state index is 9.58. The van der Waals surface area contributed by atoms with Crippen molar-refractivity contribution in [2.75, 3.05) is 18.1 Å². The molecule has 2 saturated heterocycles. The lowest BCUT2D eigenvalue weighted by Gasteiger charge is -2.16. The van der Waals surface area contributed by atoms with E-state index in [1.165, 1.54) is 24.3 Å². The average Bonchev–Trinajstić information content (AvgIpc) is 2.25. The van der Waals surface area contributed by atoms with Gasteiger partial charge in [-0.1, -0.05) is 0 Å². The predicted molar refractivity (Wildman–Crippen MR) is 47.8 cm³/mol. The topological polar surface area (TPSA) is 32.3 Å². The van der Waals surface area contributed by atoms with Gasteiger partial charge in [0.1, 0.15) is 0 Å². The van der Waals surface area contributed by atoms with E-state index < -0.39 is 0 Å². The van der Waals surface area contributed by atoms with Crippen LogP contribution in [0.2, 0.25) is 0 Å². The fourth-order valence-corrected chi connectivity index (χ4v) is 3.15. The zero-order valence-electron chi connectivity index (χ0n) is 6.62. The van der Waals surface area contributed by atoms with Gasteiger partial charge < -0.3 is 10.4 Å². The molecule has 3 unspecified atom stereocenters. The highest BCUT2D eigenvalue weighted by Crippen LogP contribution is 2.28. The maximum Gasteiger partial charge on any atom is 0.0707 e. The second-order valence-electron chi connectivity index (χ2n) is 3.44. The van der Waals surface area contributed by atoms with E-state index >= 15 is 0 Å². The summed E-state index contributed by atoms with van der Waals surface area (Å²) in [5.74, 6) is 3.05. The number of nitrogens with one attached hydrogen (secondary N) is 1. The molecule has 2 aliphatic heterocycles. The number of β-amino-alcohol motifs (C(OH)–C–C–N with tert-alkyl or cyclic N) is 1. The molecule has 0 bridgehead atoms. The highest BCUT2D eigenvalue weighted by molar-refractivity contribution is 7.99. The molecule has 2 heterocycles. The summed E-state index contributed by atoms with van der Waals surface area (Å²) in [5.41, 5.74) is 0. The van der Waals surface area contributed by atoms with E-state index in [1.807, 2.05) is 11.8 Å². The van der Waals surface area contributed by atoms with Crippen LogP contribution in [0, 0.1) is 5.92 Å². The molecule has 2 rings (SSSR count). The minimum absolute atomic E-state index is 0.0706. The first-order valence-electron chi connectivity index (χ1n) is 4.37. The van der Waals surface area contributed by atoms with Crippen LogP contribution in [0.15, 0.2) is 0 Å². The Morgan fingerprint density at radius 2 is 2.09 bits per heavy atom. The SMILES string of the molecule is OC1CNC2CCSCCC12. The Kier molecular flexibility index (Phi) is 2.39. The highest BCUT2D eigenvalue weighted by atomic mass is 32.2. The molecule has 3 heteroatoms. The molecule has 2 aliphatic rings. The van der Waals surface area contributed by atoms with Gasteiger partial charge in [0.25, 0.3) is 0 Å². The number of aliphatic hydroxyl groups excluding tert-OH is 1. The van der Waals surface area contributed by atoms with Gasteiger partial charge in [0, 0.05) is 18.5 Å². The van der Waals surface area contributed by atoms with E-state index in [1.54, 1.807) is 0 Å². The van der Waals surface area contributed by atoms with Gasteiger partial charge in [-0.3, -0.25) is 0 Å². The molecule has 11 heavy (non-hydrogen) atoms. The zero-order valence-corrected chi connectivity index (χ0v) is 7.44. The molecule has 2 nitrogen and oxygen atoms in total. The van der Waals surface area contributed by atoms with Crippen molar-refractivity contribution in [3.63, 3.8) is 0 Å². The lowest BCUT2D eigenvalue weighted by molar-refractivity contribution is 0.136. The van der Waals surface area contributed by atoms with Crippen molar-refractivity contribution >= 4 is 11.8 Å². The van der Waals surface area contributed by atoms with Gasteiger partial charge in [-0.15, -0.1) is 0 Å². The molecule has 3 atom stereocenters. The first-order valence-corrected chi connectivity index (χ1v) is 5.52. The summed E-state index contributed by atoms with van der Waals surface area (Å²) in [6.07, 6.45) is 2.37. The van der Waals surface area contributed by atoms with Crippen LogP contribution in [0.25, 0.3) is 0 Å². The summed E-state index contributed by atoms with van der Waals surface area (Å²) in [7, 11) is 0. The Balaban J connectivity index is 2.00. The minimum Gasteiger partial charge on any atom is -0.391 e.